The minimum absolute atomic E-state index is 0.0129. The summed E-state index contributed by atoms with van der Waals surface area (Å²) < 4.78 is 40.4. The van der Waals surface area contributed by atoms with Crippen molar-refractivity contribution < 1.29 is 31.7 Å². The fourth-order valence-electron chi connectivity index (χ4n) is 2.72. The number of anilines is 2. The van der Waals surface area contributed by atoms with Crippen molar-refractivity contribution in [3.05, 3.63) is 48.0 Å². The summed E-state index contributed by atoms with van der Waals surface area (Å²) in [6, 6.07) is 10.5. The smallest absolute Gasteiger partial charge is 0.413 e. The summed E-state index contributed by atoms with van der Waals surface area (Å²) in [5.41, 5.74) is 0.835. The quantitative estimate of drug-likeness (QED) is 0.261. The van der Waals surface area contributed by atoms with Crippen LogP contribution in [0.25, 0.3) is 0 Å². The summed E-state index contributed by atoms with van der Waals surface area (Å²) in [6.07, 6.45) is -0.909. The molecule has 4 N–H and O–H groups in total. The van der Waals surface area contributed by atoms with Gasteiger partial charge >= 0.3 is 16.2 Å². The molecule has 0 aliphatic rings. The van der Waals surface area contributed by atoms with Crippen LogP contribution in [0.1, 0.15) is 26.3 Å². The summed E-state index contributed by atoms with van der Waals surface area (Å²) in [6.45, 7) is 5.73. The zero-order valence-corrected chi connectivity index (χ0v) is 20.3. The normalized spacial score (nSPS) is 11.3. The molecule has 2 aromatic carbocycles. The Kier molecular flexibility index (Phi) is 8.60. The summed E-state index contributed by atoms with van der Waals surface area (Å²) in [5, 5.41) is 15.0. The maximum absolute atomic E-state index is 13.0. The van der Waals surface area contributed by atoms with E-state index < -0.39 is 28.1 Å². The van der Waals surface area contributed by atoms with Crippen LogP contribution in [0.2, 0.25) is 0 Å². The van der Waals surface area contributed by atoms with E-state index in [1.807, 2.05) is 26.8 Å². The number of guanidine groups is 1. The van der Waals surface area contributed by atoms with Crippen LogP contribution in [0.3, 0.4) is 0 Å². The lowest BCUT2D eigenvalue weighted by molar-refractivity contribution is -0.119. The summed E-state index contributed by atoms with van der Waals surface area (Å²) in [4.78, 5) is 23.1. The van der Waals surface area contributed by atoms with Gasteiger partial charge in [-0.25, -0.2) is 4.79 Å². The molecule has 0 fully saturated rings. The molecule has 34 heavy (non-hydrogen) atoms. The first-order chi connectivity index (χ1) is 15.9. The highest BCUT2D eigenvalue weighted by molar-refractivity contribution is 7.87. The Morgan fingerprint density at radius 1 is 1.00 bits per heavy atom. The molecule has 0 unspecified atom stereocenters. The van der Waals surface area contributed by atoms with Crippen LogP contribution in [0, 0.1) is 5.41 Å². The van der Waals surface area contributed by atoms with Gasteiger partial charge in [0, 0.05) is 7.11 Å². The lowest BCUT2D eigenvalue weighted by Gasteiger charge is -2.20. The van der Waals surface area contributed by atoms with E-state index in [1.54, 1.807) is 12.1 Å². The van der Waals surface area contributed by atoms with E-state index in [4.69, 9.17) is 14.3 Å². The lowest BCUT2D eigenvalue weighted by Crippen LogP contribution is -2.35. The number of carbonyl (C=O) groups is 2. The van der Waals surface area contributed by atoms with E-state index in [9.17, 15) is 18.0 Å². The van der Waals surface area contributed by atoms with E-state index >= 15 is 0 Å². The van der Waals surface area contributed by atoms with Gasteiger partial charge < -0.3 is 24.3 Å². The first-order valence-corrected chi connectivity index (χ1v) is 11.4. The van der Waals surface area contributed by atoms with Crippen molar-refractivity contribution in [2.45, 2.75) is 31.1 Å². The van der Waals surface area contributed by atoms with Crippen LogP contribution in [-0.4, -0.2) is 47.2 Å². The van der Waals surface area contributed by atoms with E-state index in [-0.39, 0.29) is 34.0 Å². The maximum atomic E-state index is 13.0. The van der Waals surface area contributed by atoms with Gasteiger partial charge in [0.05, 0.1) is 18.5 Å². The zero-order chi connectivity index (χ0) is 25.5. The van der Waals surface area contributed by atoms with Crippen molar-refractivity contribution in [3.8, 4) is 5.75 Å². The Bertz CT molecular complexity index is 1170. The molecule has 0 saturated heterocycles. The largest absolute Gasteiger partial charge is 0.453 e. The molecule has 2 amide bonds. The molecular formula is C22H28N4O7S. The number of nitrogens with one attached hydrogen (secondary N) is 4. The number of amides is 2. The van der Waals surface area contributed by atoms with Gasteiger partial charge in [-0.1, -0.05) is 32.9 Å². The molecule has 0 saturated carbocycles. The van der Waals surface area contributed by atoms with Crippen molar-refractivity contribution in [2.75, 3.05) is 31.5 Å². The third kappa shape index (κ3) is 7.46. The van der Waals surface area contributed by atoms with Crippen molar-refractivity contribution in [2.24, 2.45) is 0 Å². The minimum Gasteiger partial charge on any atom is -0.453 e. The molecule has 0 spiro atoms. The average molecular weight is 493 g/mol. The maximum Gasteiger partial charge on any atom is 0.413 e. The number of rotatable bonds is 7. The fraction of sp³-hybridized carbons (Fsp3) is 0.318. The van der Waals surface area contributed by atoms with Crippen molar-refractivity contribution in [1.82, 2.24) is 5.32 Å². The average Bonchev–Trinajstić information content (AvgIpc) is 2.74. The first-order valence-electron chi connectivity index (χ1n) is 10.0. The third-order valence-corrected chi connectivity index (χ3v) is 5.65. The van der Waals surface area contributed by atoms with Crippen molar-refractivity contribution in [3.63, 3.8) is 0 Å². The Labute approximate surface area is 198 Å². The van der Waals surface area contributed by atoms with Crippen LogP contribution in [-0.2, 0) is 29.8 Å². The number of hydrogen-bond acceptors (Lipinski definition) is 8. The molecule has 12 heteroatoms. The van der Waals surface area contributed by atoms with Gasteiger partial charge in [0.25, 0.3) is 0 Å². The zero-order valence-electron chi connectivity index (χ0n) is 19.5. The number of ether oxygens (including phenoxy) is 2. The van der Waals surface area contributed by atoms with Gasteiger partial charge in [0.1, 0.15) is 17.3 Å². The van der Waals surface area contributed by atoms with Gasteiger partial charge in [-0.05, 0) is 41.3 Å². The van der Waals surface area contributed by atoms with Crippen molar-refractivity contribution >= 4 is 39.5 Å². The molecule has 2 aromatic rings. The Balaban J connectivity index is 2.39. The molecule has 0 atom stereocenters. The first kappa shape index (κ1) is 26.6. The predicted octanol–water partition coefficient (Wildman–Crippen LogP) is 3.04. The second-order valence-electron chi connectivity index (χ2n) is 8.12. The highest BCUT2D eigenvalue weighted by atomic mass is 32.2. The van der Waals surface area contributed by atoms with Crippen LogP contribution in [0.5, 0.6) is 5.75 Å². The minimum atomic E-state index is -4.28. The molecule has 11 nitrogen and oxygen atoms in total. The van der Waals surface area contributed by atoms with Crippen LogP contribution < -0.4 is 20.1 Å². The molecule has 0 radical (unpaired) electrons. The van der Waals surface area contributed by atoms with Gasteiger partial charge in [-0.15, -0.1) is 0 Å². The Morgan fingerprint density at radius 2 is 1.71 bits per heavy atom. The highest BCUT2D eigenvalue weighted by Gasteiger charge is 2.21. The monoisotopic (exact) mass is 492 g/mol. The Morgan fingerprint density at radius 3 is 2.32 bits per heavy atom. The number of carbonyl (C=O) groups excluding carboxylic acids is 2. The molecule has 0 aromatic heterocycles. The van der Waals surface area contributed by atoms with Crippen LogP contribution in [0.4, 0.5) is 16.2 Å². The molecule has 0 aliphatic heterocycles. The summed E-state index contributed by atoms with van der Waals surface area (Å²) in [5.74, 6) is -0.884. The molecule has 184 valence electrons. The van der Waals surface area contributed by atoms with Crippen LogP contribution in [0.15, 0.2) is 47.4 Å². The summed E-state index contributed by atoms with van der Waals surface area (Å²) in [7, 11) is -1.81. The third-order valence-electron chi connectivity index (χ3n) is 4.41. The van der Waals surface area contributed by atoms with Gasteiger partial charge in [0.15, 0.2) is 0 Å². The molecular weight excluding hydrogens is 464 g/mol. The second-order valence-corrected chi connectivity index (χ2v) is 9.67. The van der Waals surface area contributed by atoms with Crippen LogP contribution >= 0.6 is 0 Å². The second kappa shape index (κ2) is 11.0. The van der Waals surface area contributed by atoms with E-state index in [2.05, 4.69) is 20.7 Å². The van der Waals surface area contributed by atoms with Crippen molar-refractivity contribution in [1.29, 1.82) is 5.41 Å². The highest BCUT2D eigenvalue weighted by Crippen LogP contribution is 2.30. The predicted molar refractivity (Wildman–Crippen MR) is 127 cm³/mol. The molecule has 0 heterocycles. The van der Waals surface area contributed by atoms with E-state index in [0.717, 1.165) is 12.7 Å². The van der Waals surface area contributed by atoms with E-state index in [1.165, 1.54) is 31.4 Å². The molecule has 0 bridgehead atoms. The molecule has 2 rings (SSSR count). The standard InChI is InChI=1S/C22H28N4O7S/c1-22(2,3)14-7-6-8-15(11-14)33-34(29,30)16-9-10-17(24-19(27)13-31-4)18(12-16)25-20(23)26-21(28)32-5/h6-12H,13H2,1-5H3,(H,24,27)(H3,23,25,26,28). The van der Waals surface area contributed by atoms with Gasteiger partial charge in [0.2, 0.25) is 11.9 Å². The number of alkyl carbamates (subject to hydrolysis) is 1. The Hall–Kier alpha value is -3.64. The number of benzene rings is 2. The van der Waals surface area contributed by atoms with Gasteiger partial charge in [-0.2, -0.15) is 8.42 Å². The topological polar surface area (TPSA) is 156 Å². The lowest BCUT2D eigenvalue weighted by atomic mass is 9.87. The van der Waals surface area contributed by atoms with Gasteiger partial charge in [-0.3, -0.25) is 15.5 Å². The SMILES string of the molecule is COCC(=O)Nc1ccc(S(=O)(=O)Oc2cccc(C(C)(C)C)c2)cc1NC(=N)NC(=O)OC. The summed E-state index contributed by atoms with van der Waals surface area (Å²) >= 11 is 0. The molecule has 0 aliphatic carbocycles. The number of methoxy groups -OCH3 is 2. The van der Waals surface area contributed by atoms with E-state index in [0.29, 0.717) is 0 Å². The fourth-order valence-corrected chi connectivity index (χ4v) is 3.67. The number of hydrogen-bond donors (Lipinski definition) is 4.